The number of hydrogen-bond acceptors (Lipinski definition) is 8. The normalized spacial score (nSPS) is 17.3. The van der Waals surface area contributed by atoms with E-state index in [1.807, 2.05) is 0 Å². The number of morpholine rings is 2. The van der Waals surface area contributed by atoms with Crippen molar-refractivity contribution in [1.29, 1.82) is 0 Å². The Bertz CT molecular complexity index is 917. The van der Waals surface area contributed by atoms with Gasteiger partial charge in [-0.25, -0.2) is 8.42 Å². The van der Waals surface area contributed by atoms with E-state index < -0.39 is 9.84 Å². The number of ether oxygens (including phenoxy) is 4. The molecule has 0 radical (unpaired) electrons. The van der Waals surface area contributed by atoms with E-state index in [0.29, 0.717) is 24.7 Å². The molecule has 0 aliphatic carbocycles. The van der Waals surface area contributed by atoms with Crippen LogP contribution in [-0.2, 0) is 19.3 Å². The third-order valence-electron chi connectivity index (χ3n) is 6.25. The summed E-state index contributed by atoms with van der Waals surface area (Å²) in [6, 6.07) is 13.3. The molecule has 2 heterocycles. The van der Waals surface area contributed by atoms with Crippen molar-refractivity contribution in [3.8, 4) is 11.5 Å². The summed E-state index contributed by atoms with van der Waals surface area (Å²) >= 11 is 0. The van der Waals surface area contributed by atoms with Crippen LogP contribution in [0.5, 0.6) is 11.5 Å². The van der Waals surface area contributed by atoms with Gasteiger partial charge in [0.25, 0.3) is 0 Å². The molecule has 36 heavy (non-hydrogen) atoms. The van der Waals surface area contributed by atoms with Gasteiger partial charge in [-0.2, -0.15) is 0 Å². The summed E-state index contributed by atoms with van der Waals surface area (Å²) in [7, 11) is -3.60. The molecule has 200 valence electrons. The third-order valence-corrected chi connectivity index (χ3v) is 8.04. The first-order valence-corrected chi connectivity index (χ1v) is 13.9. The fourth-order valence-electron chi connectivity index (χ4n) is 4.17. The second-order valence-corrected chi connectivity index (χ2v) is 10.7. The zero-order valence-electron chi connectivity index (χ0n) is 20.7. The minimum Gasteiger partial charge on any atom is -0.494 e. The molecule has 0 amide bonds. The van der Waals surface area contributed by atoms with Crippen LogP contribution in [0.15, 0.2) is 58.3 Å². The van der Waals surface area contributed by atoms with Crippen LogP contribution in [0, 0.1) is 0 Å². The van der Waals surface area contributed by atoms with Crippen LogP contribution in [0.1, 0.15) is 12.8 Å². The predicted molar refractivity (Wildman–Crippen MR) is 140 cm³/mol. The van der Waals surface area contributed by atoms with Crippen molar-refractivity contribution in [2.75, 3.05) is 78.9 Å². The van der Waals surface area contributed by atoms with E-state index in [1.54, 1.807) is 48.5 Å². The quantitative estimate of drug-likeness (QED) is 0.380. The Kier molecular flexibility index (Phi) is 11.8. The Morgan fingerprint density at radius 2 is 1.00 bits per heavy atom. The van der Waals surface area contributed by atoms with E-state index >= 15 is 0 Å². The second-order valence-electron chi connectivity index (χ2n) is 8.76. The average molecular weight is 541 g/mol. The highest BCUT2D eigenvalue weighted by Crippen LogP contribution is 2.25. The van der Waals surface area contributed by atoms with Gasteiger partial charge in [0, 0.05) is 39.3 Å². The minimum atomic E-state index is -3.60. The van der Waals surface area contributed by atoms with Gasteiger partial charge in [0.15, 0.2) is 0 Å². The smallest absolute Gasteiger partial charge is 0.206 e. The molecule has 0 atom stereocenters. The highest BCUT2D eigenvalue weighted by molar-refractivity contribution is 7.91. The fraction of sp³-hybridized carbons (Fsp3) is 0.538. The Labute approximate surface area is 220 Å². The molecular formula is C26H37ClN2O6S. The number of hydrogen-bond donors (Lipinski definition) is 0. The van der Waals surface area contributed by atoms with Crippen molar-refractivity contribution in [3.63, 3.8) is 0 Å². The van der Waals surface area contributed by atoms with Gasteiger partial charge in [0.1, 0.15) is 11.5 Å². The van der Waals surface area contributed by atoms with Crippen LogP contribution in [0.4, 0.5) is 0 Å². The summed E-state index contributed by atoms with van der Waals surface area (Å²) in [5.74, 6) is 1.35. The molecule has 0 N–H and O–H groups in total. The van der Waals surface area contributed by atoms with Gasteiger partial charge < -0.3 is 18.9 Å². The van der Waals surface area contributed by atoms with Gasteiger partial charge in [0.05, 0.1) is 49.4 Å². The molecule has 2 saturated heterocycles. The molecule has 2 aliphatic heterocycles. The summed E-state index contributed by atoms with van der Waals surface area (Å²) in [5, 5.41) is 0. The molecule has 0 aromatic heterocycles. The van der Waals surface area contributed by atoms with Crippen LogP contribution >= 0.6 is 12.4 Å². The number of rotatable bonds is 12. The number of halogens is 1. The maximum absolute atomic E-state index is 13.0. The van der Waals surface area contributed by atoms with Crippen LogP contribution in [0.3, 0.4) is 0 Å². The van der Waals surface area contributed by atoms with Gasteiger partial charge in [0.2, 0.25) is 9.84 Å². The molecule has 2 aromatic carbocycles. The fourth-order valence-corrected chi connectivity index (χ4v) is 5.43. The summed E-state index contributed by atoms with van der Waals surface area (Å²) in [6.45, 7) is 10.2. The Morgan fingerprint density at radius 3 is 1.36 bits per heavy atom. The molecule has 0 saturated carbocycles. The summed E-state index contributed by atoms with van der Waals surface area (Å²) in [6.07, 6.45) is 1.84. The molecule has 10 heteroatoms. The molecule has 2 fully saturated rings. The van der Waals surface area contributed by atoms with Crippen LogP contribution in [-0.4, -0.2) is 97.1 Å². The SMILES string of the molecule is Cl.O=S(=O)(c1ccc(OCCCN2CCOCC2)cc1)c1ccc(OCCCN2CCOCC2)cc1. The Morgan fingerprint density at radius 1 is 0.639 bits per heavy atom. The van der Waals surface area contributed by atoms with Crippen molar-refractivity contribution in [1.82, 2.24) is 9.80 Å². The van der Waals surface area contributed by atoms with Crippen LogP contribution in [0.25, 0.3) is 0 Å². The van der Waals surface area contributed by atoms with Crippen molar-refractivity contribution in [3.05, 3.63) is 48.5 Å². The third kappa shape index (κ3) is 8.61. The molecule has 0 spiro atoms. The first-order valence-electron chi connectivity index (χ1n) is 12.4. The van der Waals surface area contributed by atoms with E-state index in [0.717, 1.165) is 78.5 Å². The van der Waals surface area contributed by atoms with E-state index in [2.05, 4.69) is 9.80 Å². The van der Waals surface area contributed by atoms with Crippen molar-refractivity contribution in [2.45, 2.75) is 22.6 Å². The zero-order valence-corrected chi connectivity index (χ0v) is 22.3. The zero-order chi connectivity index (χ0) is 24.3. The van der Waals surface area contributed by atoms with E-state index in [9.17, 15) is 8.42 Å². The summed E-state index contributed by atoms with van der Waals surface area (Å²) in [4.78, 5) is 5.23. The largest absolute Gasteiger partial charge is 0.494 e. The molecule has 0 bridgehead atoms. The predicted octanol–water partition coefficient (Wildman–Crippen LogP) is 3.14. The van der Waals surface area contributed by atoms with E-state index in [-0.39, 0.29) is 22.2 Å². The summed E-state index contributed by atoms with van der Waals surface area (Å²) in [5.41, 5.74) is 0. The van der Waals surface area contributed by atoms with Crippen molar-refractivity contribution >= 4 is 22.2 Å². The lowest BCUT2D eigenvalue weighted by Crippen LogP contribution is -2.37. The molecule has 4 rings (SSSR count). The number of sulfone groups is 1. The maximum atomic E-state index is 13.0. The first kappa shape index (κ1) is 28.7. The highest BCUT2D eigenvalue weighted by Gasteiger charge is 2.18. The molecule has 2 aliphatic rings. The van der Waals surface area contributed by atoms with Gasteiger partial charge in [-0.05, 0) is 61.4 Å². The Hall–Kier alpha value is -1.88. The van der Waals surface area contributed by atoms with Gasteiger partial charge >= 0.3 is 0 Å². The highest BCUT2D eigenvalue weighted by atomic mass is 35.5. The molecular weight excluding hydrogens is 504 g/mol. The standard InChI is InChI=1S/C26H36N2O6S.ClH/c29-35(30,25-7-3-23(4-8-25)33-17-1-11-27-13-19-31-20-14-27)26-9-5-24(6-10-26)34-18-2-12-28-15-21-32-22-16-28;/h3-10H,1-2,11-22H2;1H. The lowest BCUT2D eigenvalue weighted by Gasteiger charge is -2.26. The van der Waals surface area contributed by atoms with Crippen molar-refractivity contribution < 1.29 is 27.4 Å². The molecule has 8 nitrogen and oxygen atoms in total. The first-order chi connectivity index (χ1) is 17.1. The number of benzene rings is 2. The van der Waals surface area contributed by atoms with E-state index in [4.69, 9.17) is 18.9 Å². The topological polar surface area (TPSA) is 77.5 Å². The second kappa shape index (κ2) is 14.8. The monoisotopic (exact) mass is 540 g/mol. The lowest BCUT2D eigenvalue weighted by atomic mass is 10.3. The molecule has 2 aromatic rings. The Balaban J connectivity index is 0.00000361. The van der Waals surface area contributed by atoms with Gasteiger partial charge in [-0.15, -0.1) is 12.4 Å². The maximum Gasteiger partial charge on any atom is 0.206 e. The summed E-state index contributed by atoms with van der Waals surface area (Å²) < 4.78 is 48.3. The van der Waals surface area contributed by atoms with Crippen molar-refractivity contribution in [2.24, 2.45) is 0 Å². The van der Waals surface area contributed by atoms with Gasteiger partial charge in [-0.3, -0.25) is 9.80 Å². The van der Waals surface area contributed by atoms with Gasteiger partial charge in [-0.1, -0.05) is 0 Å². The van der Waals surface area contributed by atoms with Crippen LogP contribution < -0.4 is 9.47 Å². The molecule has 0 unspecified atom stereocenters. The van der Waals surface area contributed by atoms with E-state index in [1.165, 1.54) is 0 Å². The lowest BCUT2D eigenvalue weighted by molar-refractivity contribution is 0.0357. The number of nitrogens with zero attached hydrogens (tertiary/aromatic N) is 2. The van der Waals surface area contributed by atoms with Crippen LogP contribution in [0.2, 0.25) is 0 Å². The minimum absolute atomic E-state index is 0. The average Bonchev–Trinajstić information content (AvgIpc) is 2.91.